The van der Waals surface area contributed by atoms with Gasteiger partial charge in [-0.1, -0.05) is 13.8 Å². The quantitative estimate of drug-likeness (QED) is 0.744. The monoisotopic (exact) mass is 179 g/mol. The number of aromatic nitrogens is 1. The van der Waals surface area contributed by atoms with Crippen LogP contribution in [0.2, 0.25) is 0 Å². The van der Waals surface area contributed by atoms with Gasteiger partial charge < -0.3 is 11.1 Å². The summed E-state index contributed by atoms with van der Waals surface area (Å²) >= 11 is 0. The summed E-state index contributed by atoms with van der Waals surface area (Å²) in [6.07, 6.45) is 2.88. The first kappa shape index (κ1) is 9.84. The van der Waals surface area contributed by atoms with Crippen molar-refractivity contribution in [3.05, 3.63) is 18.3 Å². The molecule has 0 aliphatic carbocycles. The Morgan fingerprint density at radius 3 is 2.92 bits per heavy atom. The Bertz CT molecular complexity index is 258. The van der Waals surface area contributed by atoms with Gasteiger partial charge in [0, 0.05) is 24.5 Å². The molecule has 0 aliphatic heterocycles. The average molecular weight is 179 g/mol. The highest BCUT2D eigenvalue weighted by molar-refractivity contribution is 5.49. The zero-order valence-corrected chi connectivity index (χ0v) is 8.25. The molecule has 1 heterocycles. The summed E-state index contributed by atoms with van der Waals surface area (Å²) in [4.78, 5) is 3.92. The summed E-state index contributed by atoms with van der Waals surface area (Å²) in [6.45, 7) is 5.41. The minimum Gasteiger partial charge on any atom is -0.385 e. The third kappa shape index (κ3) is 3.78. The zero-order valence-electron chi connectivity index (χ0n) is 8.25. The van der Waals surface area contributed by atoms with E-state index in [1.165, 1.54) is 6.42 Å². The first-order valence-corrected chi connectivity index (χ1v) is 4.64. The molecule has 0 radical (unpaired) electrons. The molecule has 0 fully saturated rings. The van der Waals surface area contributed by atoms with Crippen molar-refractivity contribution in [3.8, 4) is 0 Å². The molecule has 0 unspecified atom stereocenters. The average Bonchev–Trinajstić information content (AvgIpc) is 2.03. The molecule has 1 aromatic rings. The number of rotatable bonds is 4. The van der Waals surface area contributed by atoms with Gasteiger partial charge >= 0.3 is 0 Å². The van der Waals surface area contributed by atoms with E-state index in [1.807, 2.05) is 12.1 Å². The molecule has 0 bridgehead atoms. The van der Waals surface area contributed by atoms with E-state index >= 15 is 0 Å². The fraction of sp³-hybridized carbons (Fsp3) is 0.500. The Kier molecular flexibility index (Phi) is 3.55. The summed E-state index contributed by atoms with van der Waals surface area (Å²) < 4.78 is 0. The zero-order chi connectivity index (χ0) is 9.68. The first-order valence-electron chi connectivity index (χ1n) is 4.64. The van der Waals surface area contributed by atoms with Crippen LogP contribution in [0.15, 0.2) is 18.3 Å². The number of hydrogen-bond acceptors (Lipinski definition) is 3. The Hall–Kier alpha value is -1.25. The van der Waals surface area contributed by atoms with E-state index in [9.17, 15) is 0 Å². The maximum absolute atomic E-state index is 5.54. The van der Waals surface area contributed by atoms with E-state index in [-0.39, 0.29) is 0 Å². The van der Waals surface area contributed by atoms with Crippen LogP contribution in [0.25, 0.3) is 0 Å². The molecule has 0 amide bonds. The van der Waals surface area contributed by atoms with Crippen molar-refractivity contribution >= 4 is 11.5 Å². The van der Waals surface area contributed by atoms with Crippen LogP contribution in [-0.2, 0) is 0 Å². The normalized spacial score (nSPS) is 10.4. The summed E-state index contributed by atoms with van der Waals surface area (Å²) in [7, 11) is 0. The largest absolute Gasteiger partial charge is 0.385 e. The lowest BCUT2D eigenvalue weighted by Gasteiger charge is -2.07. The standard InChI is InChI=1S/C10H17N3/c1-8(2)3-5-12-9-4-6-13-10(11)7-9/h4,6-8H,3,5H2,1-2H3,(H3,11,12,13). The number of nitrogens with one attached hydrogen (secondary N) is 1. The molecule has 0 aliphatic rings. The van der Waals surface area contributed by atoms with Crippen LogP contribution in [-0.4, -0.2) is 11.5 Å². The highest BCUT2D eigenvalue weighted by Gasteiger charge is 1.95. The molecule has 1 rings (SSSR count). The van der Waals surface area contributed by atoms with Crippen LogP contribution >= 0.6 is 0 Å². The number of nitrogens with two attached hydrogens (primary N) is 1. The van der Waals surface area contributed by atoms with Crippen molar-refractivity contribution in [2.75, 3.05) is 17.6 Å². The SMILES string of the molecule is CC(C)CCNc1ccnc(N)c1. The van der Waals surface area contributed by atoms with Gasteiger partial charge in [-0.15, -0.1) is 0 Å². The fourth-order valence-corrected chi connectivity index (χ4v) is 1.06. The Balaban J connectivity index is 2.37. The van der Waals surface area contributed by atoms with Crippen molar-refractivity contribution in [2.45, 2.75) is 20.3 Å². The predicted octanol–water partition coefficient (Wildman–Crippen LogP) is 2.12. The number of nitrogens with zero attached hydrogens (tertiary/aromatic N) is 1. The molecule has 0 spiro atoms. The van der Waals surface area contributed by atoms with Crippen molar-refractivity contribution < 1.29 is 0 Å². The Morgan fingerprint density at radius 2 is 2.31 bits per heavy atom. The summed E-state index contributed by atoms with van der Waals surface area (Å²) in [5.74, 6) is 1.29. The first-order chi connectivity index (χ1) is 6.18. The summed E-state index contributed by atoms with van der Waals surface area (Å²) in [6, 6.07) is 3.77. The number of nitrogen functional groups attached to an aromatic ring is 1. The number of hydrogen-bond donors (Lipinski definition) is 2. The van der Waals surface area contributed by atoms with Crippen molar-refractivity contribution in [1.82, 2.24) is 4.98 Å². The fourth-order valence-electron chi connectivity index (χ4n) is 1.06. The smallest absolute Gasteiger partial charge is 0.125 e. The van der Waals surface area contributed by atoms with Crippen molar-refractivity contribution in [3.63, 3.8) is 0 Å². The van der Waals surface area contributed by atoms with Crippen LogP contribution in [0.4, 0.5) is 11.5 Å². The topological polar surface area (TPSA) is 50.9 Å². The van der Waals surface area contributed by atoms with E-state index in [2.05, 4.69) is 24.1 Å². The second kappa shape index (κ2) is 4.70. The van der Waals surface area contributed by atoms with Gasteiger partial charge in [-0.25, -0.2) is 4.98 Å². The molecule has 72 valence electrons. The van der Waals surface area contributed by atoms with Gasteiger partial charge in [0.25, 0.3) is 0 Å². The van der Waals surface area contributed by atoms with E-state index in [4.69, 9.17) is 5.73 Å². The molecular formula is C10H17N3. The highest BCUT2D eigenvalue weighted by atomic mass is 14.9. The molecule has 0 saturated heterocycles. The van der Waals surface area contributed by atoms with Gasteiger partial charge in [0.2, 0.25) is 0 Å². The van der Waals surface area contributed by atoms with Gasteiger partial charge in [-0.3, -0.25) is 0 Å². The second-order valence-electron chi connectivity index (χ2n) is 3.58. The molecule has 1 aromatic heterocycles. The Labute approximate surface area is 79.4 Å². The van der Waals surface area contributed by atoms with Crippen molar-refractivity contribution in [2.24, 2.45) is 5.92 Å². The molecular weight excluding hydrogens is 162 g/mol. The summed E-state index contributed by atoms with van der Waals surface area (Å²) in [5.41, 5.74) is 6.59. The predicted molar refractivity (Wildman–Crippen MR) is 56.6 cm³/mol. The third-order valence-electron chi connectivity index (χ3n) is 1.83. The lowest BCUT2D eigenvalue weighted by molar-refractivity contribution is 0.607. The number of pyridine rings is 1. The molecule has 0 atom stereocenters. The molecule has 3 nitrogen and oxygen atoms in total. The van der Waals surface area contributed by atoms with Gasteiger partial charge in [-0.05, 0) is 18.4 Å². The molecule has 3 heteroatoms. The van der Waals surface area contributed by atoms with Gasteiger partial charge in [-0.2, -0.15) is 0 Å². The van der Waals surface area contributed by atoms with E-state index in [1.54, 1.807) is 6.20 Å². The van der Waals surface area contributed by atoms with E-state index in [0.717, 1.165) is 18.2 Å². The maximum Gasteiger partial charge on any atom is 0.125 e. The minimum atomic E-state index is 0.564. The lowest BCUT2D eigenvalue weighted by Crippen LogP contribution is -2.05. The maximum atomic E-state index is 5.54. The van der Waals surface area contributed by atoms with E-state index in [0.29, 0.717) is 5.82 Å². The minimum absolute atomic E-state index is 0.564. The molecule has 3 N–H and O–H groups in total. The molecule has 13 heavy (non-hydrogen) atoms. The van der Waals surface area contributed by atoms with Crippen LogP contribution in [0.5, 0.6) is 0 Å². The lowest BCUT2D eigenvalue weighted by atomic mass is 10.1. The van der Waals surface area contributed by atoms with Gasteiger partial charge in [0.05, 0.1) is 0 Å². The summed E-state index contributed by atoms with van der Waals surface area (Å²) in [5, 5.41) is 3.30. The second-order valence-corrected chi connectivity index (χ2v) is 3.58. The van der Waals surface area contributed by atoms with Crippen LogP contribution in [0, 0.1) is 5.92 Å². The van der Waals surface area contributed by atoms with Gasteiger partial charge in [0.1, 0.15) is 5.82 Å². The van der Waals surface area contributed by atoms with Crippen LogP contribution in [0.3, 0.4) is 0 Å². The van der Waals surface area contributed by atoms with Crippen LogP contribution < -0.4 is 11.1 Å². The van der Waals surface area contributed by atoms with Gasteiger partial charge in [0.15, 0.2) is 0 Å². The third-order valence-corrected chi connectivity index (χ3v) is 1.83. The van der Waals surface area contributed by atoms with Crippen LogP contribution in [0.1, 0.15) is 20.3 Å². The molecule has 0 saturated carbocycles. The molecule has 0 aromatic carbocycles. The van der Waals surface area contributed by atoms with E-state index < -0.39 is 0 Å². The Morgan fingerprint density at radius 1 is 1.54 bits per heavy atom. The highest BCUT2D eigenvalue weighted by Crippen LogP contribution is 2.09. The van der Waals surface area contributed by atoms with Crippen molar-refractivity contribution in [1.29, 1.82) is 0 Å². The number of anilines is 2.